The third-order valence-electron chi connectivity index (χ3n) is 4.81. The van der Waals surface area contributed by atoms with Crippen LogP contribution in [0.1, 0.15) is 53.9 Å². The summed E-state index contributed by atoms with van der Waals surface area (Å²) in [5.74, 6) is 0.532. The molecule has 1 unspecified atom stereocenters. The van der Waals surface area contributed by atoms with Crippen molar-refractivity contribution in [3.05, 3.63) is 0 Å². The van der Waals surface area contributed by atoms with Crippen molar-refractivity contribution < 1.29 is 4.79 Å². The second-order valence-corrected chi connectivity index (χ2v) is 7.52. The van der Waals surface area contributed by atoms with E-state index >= 15 is 0 Å². The molecule has 1 saturated heterocycles. The molecule has 1 rings (SSSR count). The number of carbonyl (C=O) groups excluding carboxylic acids is 1. The Labute approximate surface area is 124 Å². The summed E-state index contributed by atoms with van der Waals surface area (Å²) in [5.41, 5.74) is 5.02. The van der Waals surface area contributed by atoms with Gasteiger partial charge in [0.2, 0.25) is 5.91 Å². The average molecular weight is 283 g/mol. The maximum Gasteiger partial charge on any atom is 0.227 e. The van der Waals surface area contributed by atoms with Gasteiger partial charge in [0.1, 0.15) is 0 Å². The van der Waals surface area contributed by atoms with Crippen molar-refractivity contribution in [1.82, 2.24) is 10.2 Å². The Morgan fingerprint density at radius 1 is 1.20 bits per heavy atom. The van der Waals surface area contributed by atoms with E-state index in [1.165, 1.54) is 32.4 Å². The van der Waals surface area contributed by atoms with Gasteiger partial charge < -0.3 is 16.0 Å². The Bertz CT molecular complexity index is 314. The SMILES string of the molecule is CC(CNC(=O)C(C)(C)C(C)(C)N)CN1CCCCC1. The van der Waals surface area contributed by atoms with Crippen LogP contribution in [0.25, 0.3) is 0 Å². The zero-order valence-corrected chi connectivity index (χ0v) is 14.0. The van der Waals surface area contributed by atoms with Crippen molar-refractivity contribution in [2.24, 2.45) is 17.1 Å². The van der Waals surface area contributed by atoms with E-state index in [1.807, 2.05) is 27.7 Å². The van der Waals surface area contributed by atoms with E-state index in [1.54, 1.807) is 0 Å². The van der Waals surface area contributed by atoms with Crippen LogP contribution in [-0.4, -0.2) is 42.5 Å². The van der Waals surface area contributed by atoms with Gasteiger partial charge in [-0.25, -0.2) is 0 Å². The molecule has 0 spiro atoms. The lowest BCUT2D eigenvalue weighted by molar-refractivity contribution is -0.132. The van der Waals surface area contributed by atoms with Crippen LogP contribution < -0.4 is 11.1 Å². The normalized spacial score (nSPS) is 19.7. The first-order valence-corrected chi connectivity index (χ1v) is 7.94. The van der Waals surface area contributed by atoms with Crippen LogP contribution in [0, 0.1) is 11.3 Å². The van der Waals surface area contributed by atoms with E-state index in [-0.39, 0.29) is 5.91 Å². The van der Waals surface area contributed by atoms with Crippen LogP contribution in [0.2, 0.25) is 0 Å². The fourth-order valence-corrected chi connectivity index (χ4v) is 2.43. The van der Waals surface area contributed by atoms with Gasteiger partial charge in [-0.3, -0.25) is 4.79 Å². The molecule has 20 heavy (non-hydrogen) atoms. The topological polar surface area (TPSA) is 58.4 Å². The Morgan fingerprint density at radius 2 is 1.75 bits per heavy atom. The maximum absolute atomic E-state index is 12.3. The van der Waals surface area contributed by atoms with Gasteiger partial charge in [-0.15, -0.1) is 0 Å². The van der Waals surface area contributed by atoms with Crippen molar-refractivity contribution >= 4 is 5.91 Å². The molecule has 1 aliphatic heterocycles. The number of carbonyl (C=O) groups is 1. The highest BCUT2D eigenvalue weighted by atomic mass is 16.2. The Balaban J connectivity index is 2.36. The molecule has 0 radical (unpaired) electrons. The fourth-order valence-electron chi connectivity index (χ4n) is 2.43. The molecule has 1 amide bonds. The smallest absolute Gasteiger partial charge is 0.227 e. The molecular formula is C16H33N3O. The van der Waals surface area contributed by atoms with Gasteiger partial charge in [0.25, 0.3) is 0 Å². The van der Waals surface area contributed by atoms with Crippen molar-refractivity contribution in [3.8, 4) is 0 Å². The highest BCUT2D eigenvalue weighted by molar-refractivity contribution is 5.83. The molecule has 0 saturated carbocycles. The predicted molar refractivity (Wildman–Crippen MR) is 84.5 cm³/mol. The molecule has 4 nitrogen and oxygen atoms in total. The Hall–Kier alpha value is -0.610. The summed E-state index contributed by atoms with van der Waals surface area (Å²) >= 11 is 0. The first-order chi connectivity index (χ1) is 9.14. The van der Waals surface area contributed by atoms with E-state index in [4.69, 9.17) is 5.73 Å². The Morgan fingerprint density at radius 3 is 2.25 bits per heavy atom. The van der Waals surface area contributed by atoms with Crippen molar-refractivity contribution in [3.63, 3.8) is 0 Å². The molecule has 0 aliphatic carbocycles. The maximum atomic E-state index is 12.3. The van der Waals surface area contributed by atoms with Gasteiger partial charge >= 0.3 is 0 Å². The molecule has 3 N–H and O–H groups in total. The highest BCUT2D eigenvalue weighted by Gasteiger charge is 2.40. The van der Waals surface area contributed by atoms with Gasteiger partial charge in [0, 0.05) is 18.6 Å². The summed E-state index contributed by atoms with van der Waals surface area (Å²) in [4.78, 5) is 14.8. The number of rotatable bonds is 6. The van der Waals surface area contributed by atoms with Crippen molar-refractivity contribution in [2.75, 3.05) is 26.2 Å². The monoisotopic (exact) mass is 283 g/mol. The average Bonchev–Trinajstić information content (AvgIpc) is 2.35. The van der Waals surface area contributed by atoms with Gasteiger partial charge in [-0.05, 0) is 59.5 Å². The van der Waals surface area contributed by atoms with Crippen LogP contribution in [0.3, 0.4) is 0 Å². The third-order valence-corrected chi connectivity index (χ3v) is 4.81. The molecule has 4 heteroatoms. The highest BCUT2D eigenvalue weighted by Crippen LogP contribution is 2.28. The number of piperidine rings is 1. The molecule has 0 bridgehead atoms. The molecule has 0 aromatic heterocycles. The number of nitrogens with one attached hydrogen (secondary N) is 1. The second-order valence-electron chi connectivity index (χ2n) is 7.52. The van der Waals surface area contributed by atoms with Gasteiger partial charge in [-0.1, -0.05) is 13.3 Å². The van der Waals surface area contributed by atoms with Gasteiger partial charge in [0.15, 0.2) is 0 Å². The minimum atomic E-state index is -0.558. The van der Waals surface area contributed by atoms with Crippen molar-refractivity contribution in [1.29, 1.82) is 0 Å². The standard InChI is InChI=1S/C16H33N3O/c1-13(12-19-9-7-6-8-10-19)11-18-14(20)15(2,3)16(4,5)17/h13H,6-12,17H2,1-5H3,(H,18,20). The lowest BCUT2D eigenvalue weighted by Gasteiger charge is -2.37. The molecule has 1 heterocycles. The van der Waals surface area contributed by atoms with E-state index in [2.05, 4.69) is 17.1 Å². The minimum absolute atomic E-state index is 0.0514. The van der Waals surface area contributed by atoms with E-state index in [0.29, 0.717) is 5.92 Å². The lowest BCUT2D eigenvalue weighted by Crippen LogP contribution is -2.56. The summed E-state index contributed by atoms with van der Waals surface area (Å²) in [7, 11) is 0. The zero-order valence-electron chi connectivity index (χ0n) is 14.0. The van der Waals surface area contributed by atoms with Gasteiger partial charge in [-0.2, -0.15) is 0 Å². The molecule has 1 aliphatic rings. The predicted octanol–water partition coefficient (Wildman–Crippen LogP) is 1.99. The number of likely N-dealkylation sites (tertiary alicyclic amines) is 1. The molecule has 0 aromatic rings. The zero-order chi connectivity index (χ0) is 15.4. The van der Waals surface area contributed by atoms with Crippen LogP contribution in [0.4, 0.5) is 0 Å². The minimum Gasteiger partial charge on any atom is -0.355 e. The number of nitrogens with zero attached hydrogens (tertiary/aromatic N) is 1. The third kappa shape index (κ3) is 4.74. The lowest BCUT2D eigenvalue weighted by atomic mass is 9.74. The molecule has 118 valence electrons. The van der Waals surface area contributed by atoms with Gasteiger partial charge in [0.05, 0.1) is 5.41 Å². The van der Waals surface area contributed by atoms with E-state index in [0.717, 1.165) is 13.1 Å². The summed E-state index contributed by atoms with van der Waals surface area (Å²) in [6.45, 7) is 14.1. The second kappa shape index (κ2) is 6.90. The largest absolute Gasteiger partial charge is 0.355 e. The molecule has 1 atom stereocenters. The first kappa shape index (κ1) is 17.4. The molecule has 1 fully saturated rings. The summed E-state index contributed by atoms with van der Waals surface area (Å²) in [6, 6.07) is 0. The van der Waals surface area contributed by atoms with Crippen LogP contribution in [0.5, 0.6) is 0 Å². The van der Waals surface area contributed by atoms with Crippen LogP contribution in [0.15, 0.2) is 0 Å². The first-order valence-electron chi connectivity index (χ1n) is 7.94. The van der Waals surface area contributed by atoms with Crippen LogP contribution in [-0.2, 0) is 4.79 Å². The van der Waals surface area contributed by atoms with Crippen LogP contribution >= 0.6 is 0 Å². The van der Waals surface area contributed by atoms with E-state index < -0.39 is 11.0 Å². The van der Waals surface area contributed by atoms with Crippen molar-refractivity contribution in [2.45, 2.75) is 59.4 Å². The number of hydrogen-bond acceptors (Lipinski definition) is 3. The Kier molecular flexibility index (Phi) is 6.02. The quantitative estimate of drug-likeness (QED) is 0.784. The molecule has 0 aromatic carbocycles. The molecular weight excluding hydrogens is 250 g/mol. The summed E-state index contributed by atoms with van der Waals surface area (Å²) in [6.07, 6.45) is 3.99. The number of hydrogen-bond donors (Lipinski definition) is 2. The summed E-state index contributed by atoms with van der Waals surface area (Å²) < 4.78 is 0. The van der Waals surface area contributed by atoms with E-state index in [9.17, 15) is 4.79 Å². The fraction of sp³-hybridized carbons (Fsp3) is 0.938. The number of nitrogens with two attached hydrogens (primary N) is 1. The summed E-state index contributed by atoms with van der Waals surface area (Å²) in [5, 5.41) is 3.07. The number of amides is 1.